The molecule has 4 N–H and O–H groups in total. The number of aliphatic carboxylic acids is 1. The number of nitrogens with zero attached hydrogens (tertiary/aromatic N) is 6. The van der Waals surface area contributed by atoms with Gasteiger partial charge in [-0.3, -0.25) is 9.36 Å². The largest absolute Gasteiger partial charge is 0.490 e. The van der Waals surface area contributed by atoms with Crippen molar-refractivity contribution in [1.82, 2.24) is 24.4 Å². The second-order valence-electron chi connectivity index (χ2n) is 7.05. The van der Waals surface area contributed by atoms with Crippen LogP contribution in [-0.4, -0.2) is 87.3 Å². The van der Waals surface area contributed by atoms with Gasteiger partial charge in [0.25, 0.3) is 0 Å². The fourth-order valence-electron chi connectivity index (χ4n) is 2.91. The van der Waals surface area contributed by atoms with Gasteiger partial charge in [-0.1, -0.05) is 0 Å². The zero-order chi connectivity index (χ0) is 24.2. The number of imidazole rings is 1. The predicted molar refractivity (Wildman–Crippen MR) is 110 cm³/mol. The van der Waals surface area contributed by atoms with Crippen molar-refractivity contribution < 1.29 is 32.3 Å². The highest BCUT2D eigenvalue weighted by Crippen LogP contribution is 2.25. The van der Waals surface area contributed by atoms with Crippen molar-refractivity contribution in [3.63, 3.8) is 0 Å². The molecular weight excluding hydrogens is 449 g/mol. The Balaban J connectivity index is 0.000000383. The Morgan fingerprint density at radius 1 is 1.24 bits per heavy atom. The number of nitrogens with two attached hydrogens (primary N) is 1. The van der Waals surface area contributed by atoms with Crippen molar-refractivity contribution in [2.45, 2.75) is 6.18 Å². The summed E-state index contributed by atoms with van der Waals surface area (Å²) in [6.07, 6.45) is -0.210. The molecule has 0 aromatic carbocycles. The number of fused-ring (bicyclic) bond motifs is 1. The average Bonchev–Trinajstić information content (AvgIpc) is 3.41. The van der Waals surface area contributed by atoms with Crippen LogP contribution in [-0.2, 0) is 9.59 Å². The van der Waals surface area contributed by atoms with Crippen LogP contribution in [0.2, 0.25) is 0 Å². The number of furan rings is 1. The lowest BCUT2D eigenvalue weighted by Crippen LogP contribution is -2.45. The van der Waals surface area contributed by atoms with Gasteiger partial charge in [0.05, 0.1) is 18.5 Å². The zero-order valence-corrected chi connectivity index (χ0v) is 17.4. The normalized spacial score (nSPS) is 14.6. The van der Waals surface area contributed by atoms with Gasteiger partial charge in [-0.05, 0) is 7.05 Å². The first kappa shape index (κ1) is 23.8. The summed E-state index contributed by atoms with van der Waals surface area (Å²) in [5.41, 5.74) is 7.30. The number of piperazine rings is 1. The molecule has 1 aliphatic rings. The van der Waals surface area contributed by atoms with Gasteiger partial charge in [-0.15, -0.1) is 0 Å². The van der Waals surface area contributed by atoms with Gasteiger partial charge in [-0.2, -0.15) is 23.1 Å². The number of carbonyl (C=O) groups is 2. The molecule has 3 aromatic rings. The topological polar surface area (TPSA) is 156 Å². The molecule has 1 saturated heterocycles. The SMILES string of the molecule is CN1CCN(c2nc(NCC(N)=O)c3ncn(-c4ccoc4)c3n2)CC1.O=C(O)C(F)(F)F. The van der Waals surface area contributed by atoms with Gasteiger partial charge in [0.2, 0.25) is 11.9 Å². The molecule has 4 heterocycles. The van der Waals surface area contributed by atoms with E-state index in [0.717, 1.165) is 31.9 Å². The van der Waals surface area contributed by atoms with Crippen molar-refractivity contribution in [3.8, 4) is 5.69 Å². The average molecular weight is 470 g/mol. The maximum atomic E-state index is 11.2. The highest BCUT2D eigenvalue weighted by atomic mass is 19.4. The standard InChI is InChI=1S/C16H20N8O2.C2HF3O2/c1-22-3-5-23(6-4-22)16-20-14(18-8-12(17)25)13-15(21-16)24(10-19-13)11-2-7-26-9-11;3-2(4,5)1(6)7/h2,7,9-10H,3-6,8H2,1H3,(H2,17,25)(H,18,20,21);(H,6,7). The van der Waals surface area contributed by atoms with Crippen molar-refractivity contribution in [2.24, 2.45) is 5.73 Å². The Bertz CT molecular complexity index is 1110. The lowest BCUT2D eigenvalue weighted by Gasteiger charge is -2.32. The third kappa shape index (κ3) is 5.88. The summed E-state index contributed by atoms with van der Waals surface area (Å²) in [6.45, 7) is 3.51. The molecule has 0 atom stereocenters. The summed E-state index contributed by atoms with van der Waals surface area (Å²) in [5, 5.41) is 10.1. The molecule has 0 radical (unpaired) electrons. The molecule has 15 heteroatoms. The van der Waals surface area contributed by atoms with Gasteiger partial charge < -0.3 is 30.4 Å². The molecule has 12 nitrogen and oxygen atoms in total. The number of carbonyl (C=O) groups excluding carboxylic acids is 1. The highest BCUT2D eigenvalue weighted by Gasteiger charge is 2.38. The number of aromatic nitrogens is 4. The molecule has 0 saturated carbocycles. The highest BCUT2D eigenvalue weighted by molar-refractivity contribution is 5.88. The molecule has 3 aromatic heterocycles. The number of nitrogens with one attached hydrogen (secondary N) is 1. The van der Waals surface area contributed by atoms with E-state index in [0.29, 0.717) is 22.9 Å². The number of primary amides is 1. The number of hydrogen-bond acceptors (Lipinski definition) is 9. The molecule has 1 amide bonds. The maximum absolute atomic E-state index is 11.2. The Labute approximate surface area is 184 Å². The van der Waals surface area contributed by atoms with E-state index in [9.17, 15) is 18.0 Å². The van der Waals surface area contributed by atoms with Gasteiger partial charge in [0.15, 0.2) is 17.0 Å². The van der Waals surface area contributed by atoms with E-state index in [1.165, 1.54) is 0 Å². The number of anilines is 2. The quantitative estimate of drug-likeness (QED) is 0.485. The van der Waals surface area contributed by atoms with Crippen LogP contribution in [0.3, 0.4) is 0 Å². The van der Waals surface area contributed by atoms with E-state index in [1.807, 2.05) is 10.6 Å². The Hall–Kier alpha value is -3.88. The second kappa shape index (κ2) is 9.72. The van der Waals surface area contributed by atoms with Gasteiger partial charge in [-0.25, -0.2) is 9.78 Å². The van der Waals surface area contributed by atoms with E-state index < -0.39 is 18.1 Å². The minimum atomic E-state index is -5.08. The summed E-state index contributed by atoms with van der Waals surface area (Å²) in [7, 11) is 2.09. The van der Waals surface area contributed by atoms with Crippen molar-refractivity contribution in [1.29, 1.82) is 0 Å². The van der Waals surface area contributed by atoms with Crippen LogP contribution in [0, 0.1) is 0 Å². The number of amides is 1. The van der Waals surface area contributed by atoms with Crippen LogP contribution in [0.5, 0.6) is 0 Å². The summed E-state index contributed by atoms with van der Waals surface area (Å²) < 4.78 is 38.7. The third-order valence-electron chi connectivity index (χ3n) is 4.63. The molecule has 0 aliphatic carbocycles. The van der Waals surface area contributed by atoms with Gasteiger partial charge in [0.1, 0.15) is 12.6 Å². The fourth-order valence-corrected chi connectivity index (χ4v) is 2.91. The van der Waals surface area contributed by atoms with E-state index in [1.54, 1.807) is 18.9 Å². The van der Waals surface area contributed by atoms with Crippen LogP contribution < -0.4 is 16.0 Å². The van der Waals surface area contributed by atoms with Crippen molar-refractivity contribution >= 4 is 34.8 Å². The number of alkyl halides is 3. The van der Waals surface area contributed by atoms with E-state index >= 15 is 0 Å². The minimum absolute atomic E-state index is 0.0210. The molecule has 0 spiro atoms. The Morgan fingerprint density at radius 3 is 2.45 bits per heavy atom. The number of likely N-dealkylation sites (N-methyl/N-ethyl adjacent to an activating group) is 1. The summed E-state index contributed by atoms with van der Waals surface area (Å²) in [6, 6.07) is 1.83. The lowest BCUT2D eigenvalue weighted by molar-refractivity contribution is -0.192. The molecule has 0 unspecified atom stereocenters. The molecule has 0 bridgehead atoms. The van der Waals surface area contributed by atoms with Crippen LogP contribution in [0.15, 0.2) is 29.3 Å². The fraction of sp³-hybridized carbons (Fsp3) is 0.389. The Morgan fingerprint density at radius 2 is 1.91 bits per heavy atom. The first-order chi connectivity index (χ1) is 15.6. The molecule has 1 aliphatic heterocycles. The number of halogens is 3. The summed E-state index contributed by atoms with van der Waals surface area (Å²) in [5.74, 6) is -2.13. The van der Waals surface area contributed by atoms with Gasteiger partial charge in [0, 0.05) is 32.2 Å². The van der Waals surface area contributed by atoms with Gasteiger partial charge >= 0.3 is 12.1 Å². The van der Waals surface area contributed by atoms with E-state index in [2.05, 4.69) is 32.1 Å². The number of carboxylic acids is 1. The third-order valence-corrected chi connectivity index (χ3v) is 4.63. The van der Waals surface area contributed by atoms with E-state index in [4.69, 9.17) is 25.0 Å². The smallest absolute Gasteiger partial charge is 0.475 e. The van der Waals surface area contributed by atoms with Crippen LogP contribution in [0.1, 0.15) is 0 Å². The Kier molecular flexibility index (Phi) is 7.01. The van der Waals surface area contributed by atoms with E-state index in [-0.39, 0.29) is 6.54 Å². The van der Waals surface area contributed by atoms with Crippen molar-refractivity contribution in [2.75, 3.05) is 50.0 Å². The van der Waals surface area contributed by atoms with Crippen LogP contribution >= 0.6 is 0 Å². The summed E-state index contributed by atoms with van der Waals surface area (Å²) in [4.78, 5) is 38.2. The lowest BCUT2D eigenvalue weighted by atomic mass is 10.3. The van der Waals surface area contributed by atoms with Crippen LogP contribution in [0.25, 0.3) is 16.9 Å². The monoisotopic (exact) mass is 470 g/mol. The molecule has 4 rings (SSSR count). The zero-order valence-electron chi connectivity index (χ0n) is 17.4. The maximum Gasteiger partial charge on any atom is 0.490 e. The molecule has 33 heavy (non-hydrogen) atoms. The number of hydrogen-bond donors (Lipinski definition) is 3. The first-order valence-corrected chi connectivity index (χ1v) is 9.59. The predicted octanol–water partition coefficient (Wildman–Crippen LogP) is 0.691. The van der Waals surface area contributed by atoms with Crippen LogP contribution in [0.4, 0.5) is 24.9 Å². The first-order valence-electron chi connectivity index (χ1n) is 9.59. The number of carboxylic acid groups (broad SMARTS) is 1. The molecule has 1 fully saturated rings. The minimum Gasteiger partial charge on any atom is -0.475 e. The molecular formula is C18H21F3N8O4. The number of rotatable bonds is 5. The van der Waals surface area contributed by atoms with Crippen molar-refractivity contribution in [3.05, 3.63) is 24.9 Å². The summed E-state index contributed by atoms with van der Waals surface area (Å²) >= 11 is 0. The second-order valence-corrected chi connectivity index (χ2v) is 7.05. The molecule has 178 valence electrons.